The third kappa shape index (κ3) is 2.67. The van der Waals surface area contributed by atoms with E-state index < -0.39 is 0 Å². The van der Waals surface area contributed by atoms with E-state index >= 15 is 0 Å². The highest BCUT2D eigenvalue weighted by Crippen LogP contribution is 2.41. The first-order valence-electron chi connectivity index (χ1n) is 7.59. The highest BCUT2D eigenvalue weighted by Gasteiger charge is 2.33. The van der Waals surface area contributed by atoms with Crippen molar-refractivity contribution in [2.75, 3.05) is 0 Å². The van der Waals surface area contributed by atoms with Gasteiger partial charge in [-0.2, -0.15) is 0 Å². The second-order valence-corrected chi connectivity index (χ2v) is 8.84. The first-order chi connectivity index (χ1) is 9.67. The van der Waals surface area contributed by atoms with Gasteiger partial charge in [-0.15, -0.1) is 11.3 Å². The van der Waals surface area contributed by atoms with Gasteiger partial charge in [0, 0.05) is 28.7 Å². The molecular weight excluding hydrogens is 278 g/mol. The molecule has 21 heavy (non-hydrogen) atoms. The summed E-state index contributed by atoms with van der Waals surface area (Å²) in [4.78, 5) is 4.85. The standard InChI is InChI=1S/C17H25N3S/c1-16(2,3)14-10-21-15(19-14)20-7-6-11-12(18)8-17(4,5)9-13(11)20/h6-7,10,12H,8-9,18H2,1-5H3. The zero-order valence-corrected chi connectivity index (χ0v) is 14.4. The molecule has 114 valence electrons. The van der Waals surface area contributed by atoms with E-state index in [0.29, 0.717) is 0 Å². The number of rotatable bonds is 1. The molecule has 0 aliphatic heterocycles. The molecule has 2 aromatic rings. The van der Waals surface area contributed by atoms with Crippen LogP contribution in [0.1, 0.15) is 64.0 Å². The van der Waals surface area contributed by atoms with Gasteiger partial charge in [0.1, 0.15) is 0 Å². The number of thiazole rings is 1. The van der Waals surface area contributed by atoms with E-state index in [1.807, 2.05) is 0 Å². The molecule has 1 unspecified atom stereocenters. The molecule has 1 aliphatic rings. The topological polar surface area (TPSA) is 43.8 Å². The Morgan fingerprint density at radius 1 is 1.38 bits per heavy atom. The van der Waals surface area contributed by atoms with Crippen LogP contribution in [0.15, 0.2) is 17.6 Å². The summed E-state index contributed by atoms with van der Waals surface area (Å²) in [5, 5.41) is 3.24. The minimum absolute atomic E-state index is 0.0949. The minimum Gasteiger partial charge on any atom is -0.324 e. The average Bonchev–Trinajstić information content (AvgIpc) is 2.91. The molecule has 2 heterocycles. The minimum atomic E-state index is 0.0949. The lowest BCUT2D eigenvalue weighted by Gasteiger charge is -2.34. The SMILES string of the molecule is CC1(C)Cc2c(ccn2-c2nc(C(C)(C)C)cs2)C(N)C1. The Kier molecular flexibility index (Phi) is 3.30. The Morgan fingerprint density at radius 3 is 2.71 bits per heavy atom. The van der Waals surface area contributed by atoms with Gasteiger partial charge in [0.15, 0.2) is 5.13 Å². The Bertz CT molecular complexity index is 658. The third-order valence-corrected chi connectivity index (χ3v) is 5.15. The fourth-order valence-electron chi connectivity index (χ4n) is 3.13. The number of hydrogen-bond donors (Lipinski definition) is 1. The molecule has 0 bridgehead atoms. The molecule has 0 aromatic carbocycles. The van der Waals surface area contributed by atoms with E-state index in [9.17, 15) is 0 Å². The maximum absolute atomic E-state index is 6.36. The summed E-state index contributed by atoms with van der Waals surface area (Å²) in [7, 11) is 0. The van der Waals surface area contributed by atoms with Gasteiger partial charge in [-0.3, -0.25) is 4.57 Å². The van der Waals surface area contributed by atoms with Crippen LogP contribution in [0.2, 0.25) is 0 Å². The summed E-state index contributed by atoms with van der Waals surface area (Å²) in [6, 6.07) is 2.32. The van der Waals surface area contributed by atoms with Crippen molar-refractivity contribution in [1.82, 2.24) is 9.55 Å². The monoisotopic (exact) mass is 303 g/mol. The first kappa shape index (κ1) is 14.8. The molecule has 1 atom stereocenters. The van der Waals surface area contributed by atoms with E-state index in [-0.39, 0.29) is 16.9 Å². The summed E-state index contributed by atoms with van der Waals surface area (Å²) in [5.74, 6) is 0. The average molecular weight is 303 g/mol. The van der Waals surface area contributed by atoms with Crippen LogP contribution >= 0.6 is 11.3 Å². The van der Waals surface area contributed by atoms with Crippen LogP contribution in [0.5, 0.6) is 0 Å². The summed E-state index contributed by atoms with van der Waals surface area (Å²) in [6.45, 7) is 11.2. The first-order valence-corrected chi connectivity index (χ1v) is 8.47. The molecule has 0 spiro atoms. The normalized spacial score (nSPS) is 21.3. The maximum Gasteiger partial charge on any atom is 0.193 e. The molecule has 2 aromatic heterocycles. The lowest BCUT2D eigenvalue weighted by molar-refractivity contribution is 0.278. The molecular formula is C17H25N3S. The van der Waals surface area contributed by atoms with E-state index in [1.165, 1.54) is 11.3 Å². The Hall–Kier alpha value is -1.13. The molecule has 0 saturated carbocycles. The zero-order valence-electron chi connectivity index (χ0n) is 13.6. The zero-order chi connectivity index (χ0) is 15.4. The highest BCUT2D eigenvalue weighted by molar-refractivity contribution is 7.12. The van der Waals surface area contributed by atoms with Crippen LogP contribution in [0, 0.1) is 5.41 Å². The second kappa shape index (κ2) is 4.68. The number of nitrogens with zero attached hydrogens (tertiary/aromatic N) is 2. The van der Waals surface area contributed by atoms with Crippen LogP contribution in [0.3, 0.4) is 0 Å². The van der Waals surface area contributed by atoms with Crippen molar-refractivity contribution in [3.05, 3.63) is 34.6 Å². The van der Waals surface area contributed by atoms with Crippen LogP contribution in [-0.4, -0.2) is 9.55 Å². The summed E-state index contributed by atoms with van der Waals surface area (Å²) >= 11 is 1.72. The number of nitrogens with two attached hydrogens (primary N) is 1. The predicted molar refractivity (Wildman–Crippen MR) is 89.2 cm³/mol. The van der Waals surface area contributed by atoms with Gasteiger partial charge < -0.3 is 5.73 Å². The van der Waals surface area contributed by atoms with Gasteiger partial charge in [-0.05, 0) is 29.9 Å². The molecule has 0 saturated heterocycles. The fourth-order valence-corrected chi connectivity index (χ4v) is 4.19. The lowest BCUT2D eigenvalue weighted by atomic mass is 9.75. The third-order valence-electron chi connectivity index (χ3n) is 4.31. The molecule has 3 nitrogen and oxygen atoms in total. The van der Waals surface area contributed by atoms with Crippen LogP contribution in [0.4, 0.5) is 0 Å². The van der Waals surface area contributed by atoms with Gasteiger partial charge in [-0.1, -0.05) is 34.6 Å². The van der Waals surface area contributed by atoms with Gasteiger partial charge in [0.2, 0.25) is 0 Å². The summed E-state index contributed by atoms with van der Waals surface area (Å²) in [6.07, 6.45) is 4.25. The van der Waals surface area contributed by atoms with Gasteiger partial charge in [0.05, 0.1) is 5.69 Å². The smallest absolute Gasteiger partial charge is 0.193 e. The van der Waals surface area contributed by atoms with Crippen molar-refractivity contribution in [3.8, 4) is 5.13 Å². The Labute approximate surface area is 131 Å². The fraction of sp³-hybridized carbons (Fsp3) is 0.588. The van der Waals surface area contributed by atoms with Crippen molar-refractivity contribution >= 4 is 11.3 Å². The van der Waals surface area contributed by atoms with Gasteiger partial charge in [-0.25, -0.2) is 4.98 Å². The van der Waals surface area contributed by atoms with Crippen molar-refractivity contribution in [3.63, 3.8) is 0 Å². The second-order valence-electron chi connectivity index (χ2n) is 8.00. The van der Waals surface area contributed by atoms with Crippen LogP contribution < -0.4 is 5.73 Å². The molecule has 0 fully saturated rings. The van der Waals surface area contributed by atoms with Crippen molar-refractivity contribution in [2.24, 2.45) is 11.1 Å². The van der Waals surface area contributed by atoms with Crippen LogP contribution in [0.25, 0.3) is 5.13 Å². The number of hydrogen-bond acceptors (Lipinski definition) is 3. The molecule has 2 N–H and O–H groups in total. The maximum atomic E-state index is 6.36. The molecule has 1 aliphatic carbocycles. The highest BCUT2D eigenvalue weighted by atomic mass is 32.1. The largest absolute Gasteiger partial charge is 0.324 e. The molecule has 0 amide bonds. The van der Waals surface area contributed by atoms with Crippen molar-refractivity contribution < 1.29 is 0 Å². The van der Waals surface area contributed by atoms with Gasteiger partial charge in [0.25, 0.3) is 0 Å². The Balaban J connectivity index is 2.04. The summed E-state index contributed by atoms with van der Waals surface area (Å²) in [5.41, 5.74) is 10.5. The summed E-state index contributed by atoms with van der Waals surface area (Å²) < 4.78 is 2.25. The van der Waals surface area contributed by atoms with E-state index in [0.717, 1.165) is 23.7 Å². The number of fused-ring (bicyclic) bond motifs is 1. The van der Waals surface area contributed by atoms with Crippen LogP contribution in [-0.2, 0) is 11.8 Å². The van der Waals surface area contributed by atoms with E-state index in [2.05, 4.69) is 56.8 Å². The van der Waals surface area contributed by atoms with Crippen molar-refractivity contribution in [1.29, 1.82) is 0 Å². The number of aromatic nitrogens is 2. The molecule has 0 radical (unpaired) electrons. The van der Waals surface area contributed by atoms with Gasteiger partial charge >= 0.3 is 0 Å². The van der Waals surface area contributed by atoms with E-state index in [1.54, 1.807) is 11.3 Å². The Morgan fingerprint density at radius 2 is 2.10 bits per heavy atom. The molecule has 4 heteroatoms. The molecule has 3 rings (SSSR count). The lowest BCUT2D eigenvalue weighted by Crippen LogP contribution is -2.30. The predicted octanol–water partition coefficient (Wildman–Crippen LogP) is 4.20. The van der Waals surface area contributed by atoms with E-state index in [4.69, 9.17) is 10.7 Å². The quantitative estimate of drug-likeness (QED) is 0.858. The van der Waals surface area contributed by atoms with Crippen molar-refractivity contribution in [2.45, 2.75) is 58.9 Å².